The summed E-state index contributed by atoms with van der Waals surface area (Å²) < 4.78 is 10.0. The Morgan fingerprint density at radius 3 is 2.76 bits per heavy atom. The average molecular weight is 233 g/mol. The van der Waals surface area contributed by atoms with Gasteiger partial charge >= 0.3 is 5.97 Å². The minimum absolute atomic E-state index is 0.137. The Morgan fingerprint density at radius 1 is 1.41 bits per heavy atom. The maximum atomic E-state index is 11.6. The molecule has 0 amide bonds. The number of rotatable bonds is 3. The number of carbonyl (C=O) groups is 1. The molecule has 0 aliphatic rings. The number of esters is 1. The van der Waals surface area contributed by atoms with Crippen molar-refractivity contribution in [2.45, 2.75) is 6.92 Å². The summed E-state index contributed by atoms with van der Waals surface area (Å²) in [5.41, 5.74) is 0.792. The molecule has 1 aromatic heterocycles. The van der Waals surface area contributed by atoms with Gasteiger partial charge in [-0.3, -0.25) is 0 Å². The molecule has 0 bridgehead atoms. The Labute approximate surface area is 97.7 Å². The molecule has 2 rings (SSSR count). The molecule has 1 aromatic carbocycles. The SMILES string of the molecule is CCOC(=O)c1ncoc1-c1ccc(O)cc1. The van der Waals surface area contributed by atoms with Crippen LogP contribution in [0.25, 0.3) is 11.3 Å². The standard InChI is InChI=1S/C12H11NO4/c1-2-16-12(15)10-11(17-7-13-10)8-3-5-9(14)6-4-8/h3-7,14H,2H2,1H3. The fraction of sp³-hybridized carbons (Fsp3) is 0.167. The Hall–Kier alpha value is -2.30. The summed E-state index contributed by atoms with van der Waals surface area (Å²) in [7, 11) is 0. The van der Waals surface area contributed by atoms with Crippen molar-refractivity contribution in [2.24, 2.45) is 0 Å². The van der Waals surface area contributed by atoms with Crippen LogP contribution in [0, 0.1) is 0 Å². The van der Waals surface area contributed by atoms with E-state index in [1.807, 2.05) is 0 Å². The lowest BCUT2D eigenvalue weighted by Gasteiger charge is -2.01. The number of nitrogens with zero attached hydrogens (tertiary/aromatic N) is 1. The van der Waals surface area contributed by atoms with E-state index in [2.05, 4.69) is 4.98 Å². The molecule has 5 nitrogen and oxygen atoms in total. The molecule has 0 atom stereocenters. The van der Waals surface area contributed by atoms with E-state index in [0.717, 1.165) is 0 Å². The van der Waals surface area contributed by atoms with Crippen LogP contribution in [-0.2, 0) is 4.74 Å². The lowest BCUT2D eigenvalue weighted by molar-refractivity contribution is 0.0520. The quantitative estimate of drug-likeness (QED) is 0.823. The van der Waals surface area contributed by atoms with Gasteiger partial charge in [-0.15, -0.1) is 0 Å². The lowest BCUT2D eigenvalue weighted by atomic mass is 10.1. The van der Waals surface area contributed by atoms with Crippen LogP contribution in [-0.4, -0.2) is 22.7 Å². The van der Waals surface area contributed by atoms with E-state index >= 15 is 0 Å². The number of phenols is 1. The Bertz CT molecular complexity index is 516. The van der Waals surface area contributed by atoms with Crippen LogP contribution in [0.3, 0.4) is 0 Å². The van der Waals surface area contributed by atoms with Gasteiger partial charge < -0.3 is 14.3 Å². The van der Waals surface area contributed by atoms with Gasteiger partial charge in [0.15, 0.2) is 17.8 Å². The number of aromatic hydroxyl groups is 1. The molecule has 0 aliphatic carbocycles. The summed E-state index contributed by atoms with van der Waals surface area (Å²) in [5.74, 6) is -0.0428. The van der Waals surface area contributed by atoms with E-state index in [1.54, 1.807) is 19.1 Å². The first kappa shape index (κ1) is 11.2. The average Bonchev–Trinajstić information content (AvgIpc) is 2.79. The predicted molar refractivity (Wildman–Crippen MR) is 59.6 cm³/mol. The van der Waals surface area contributed by atoms with E-state index in [9.17, 15) is 9.90 Å². The zero-order valence-electron chi connectivity index (χ0n) is 9.21. The third kappa shape index (κ3) is 2.28. The maximum Gasteiger partial charge on any atom is 0.360 e. The molecule has 1 heterocycles. The zero-order valence-corrected chi connectivity index (χ0v) is 9.21. The number of oxazole rings is 1. The highest BCUT2D eigenvalue weighted by Gasteiger charge is 2.19. The van der Waals surface area contributed by atoms with Crippen molar-refractivity contribution in [3.63, 3.8) is 0 Å². The van der Waals surface area contributed by atoms with Gasteiger partial charge in [-0.25, -0.2) is 9.78 Å². The minimum atomic E-state index is -0.524. The number of hydrogen-bond donors (Lipinski definition) is 1. The number of phenolic OH excluding ortho intramolecular Hbond substituents is 1. The van der Waals surface area contributed by atoms with Gasteiger partial charge in [0.05, 0.1) is 6.61 Å². The van der Waals surface area contributed by atoms with Crippen molar-refractivity contribution in [1.82, 2.24) is 4.98 Å². The molecule has 0 spiro atoms. The van der Waals surface area contributed by atoms with Crippen LogP contribution in [0.5, 0.6) is 5.75 Å². The highest BCUT2D eigenvalue weighted by atomic mass is 16.5. The Balaban J connectivity index is 2.36. The van der Waals surface area contributed by atoms with Crippen molar-refractivity contribution < 1.29 is 19.1 Å². The fourth-order valence-corrected chi connectivity index (χ4v) is 1.41. The van der Waals surface area contributed by atoms with Gasteiger partial charge in [-0.2, -0.15) is 0 Å². The van der Waals surface area contributed by atoms with E-state index in [-0.39, 0.29) is 18.1 Å². The third-order valence-electron chi connectivity index (χ3n) is 2.17. The second kappa shape index (κ2) is 4.69. The van der Waals surface area contributed by atoms with Crippen molar-refractivity contribution in [1.29, 1.82) is 0 Å². The summed E-state index contributed by atoms with van der Waals surface area (Å²) >= 11 is 0. The number of hydrogen-bond acceptors (Lipinski definition) is 5. The first-order valence-corrected chi connectivity index (χ1v) is 5.12. The van der Waals surface area contributed by atoms with Crippen molar-refractivity contribution in [3.05, 3.63) is 36.4 Å². The lowest BCUT2D eigenvalue weighted by Crippen LogP contribution is -2.06. The largest absolute Gasteiger partial charge is 0.508 e. The van der Waals surface area contributed by atoms with Gasteiger partial charge in [0, 0.05) is 5.56 Å². The van der Waals surface area contributed by atoms with Crippen LogP contribution in [0.1, 0.15) is 17.4 Å². The molecule has 0 aliphatic heterocycles. The van der Waals surface area contributed by atoms with Gasteiger partial charge in [-0.05, 0) is 31.2 Å². The molecule has 0 saturated carbocycles. The van der Waals surface area contributed by atoms with E-state index in [1.165, 1.54) is 18.5 Å². The fourth-order valence-electron chi connectivity index (χ4n) is 1.41. The van der Waals surface area contributed by atoms with Crippen molar-refractivity contribution >= 4 is 5.97 Å². The molecule has 17 heavy (non-hydrogen) atoms. The number of carbonyl (C=O) groups excluding carboxylic acids is 1. The highest BCUT2D eigenvalue weighted by Crippen LogP contribution is 2.25. The van der Waals surface area contributed by atoms with Gasteiger partial charge in [0.25, 0.3) is 0 Å². The third-order valence-corrected chi connectivity index (χ3v) is 2.17. The summed E-state index contributed by atoms with van der Waals surface area (Å²) in [4.78, 5) is 15.4. The van der Waals surface area contributed by atoms with Crippen LogP contribution in [0.2, 0.25) is 0 Å². The van der Waals surface area contributed by atoms with Gasteiger partial charge in [-0.1, -0.05) is 0 Å². The number of benzene rings is 1. The van der Waals surface area contributed by atoms with E-state index in [0.29, 0.717) is 11.3 Å². The number of ether oxygens (including phenoxy) is 1. The van der Waals surface area contributed by atoms with Gasteiger partial charge in [0.1, 0.15) is 5.75 Å². The van der Waals surface area contributed by atoms with E-state index < -0.39 is 5.97 Å². The second-order valence-corrected chi connectivity index (χ2v) is 3.30. The first-order valence-electron chi connectivity index (χ1n) is 5.12. The molecule has 88 valence electrons. The van der Waals surface area contributed by atoms with E-state index in [4.69, 9.17) is 9.15 Å². The second-order valence-electron chi connectivity index (χ2n) is 3.30. The molecule has 1 N–H and O–H groups in total. The molecule has 0 unspecified atom stereocenters. The van der Waals surface area contributed by atoms with Gasteiger partial charge in [0.2, 0.25) is 0 Å². The predicted octanol–water partition coefficient (Wildman–Crippen LogP) is 2.22. The molecule has 5 heteroatoms. The molecular formula is C12H11NO4. The Kier molecular flexibility index (Phi) is 3.09. The van der Waals surface area contributed by atoms with Crippen molar-refractivity contribution in [2.75, 3.05) is 6.61 Å². The molecular weight excluding hydrogens is 222 g/mol. The summed E-state index contributed by atoms with van der Waals surface area (Å²) in [6.45, 7) is 2.00. The van der Waals surface area contributed by atoms with Crippen LogP contribution in [0.4, 0.5) is 0 Å². The molecule has 0 saturated heterocycles. The van der Waals surface area contributed by atoms with Crippen LogP contribution in [0.15, 0.2) is 35.1 Å². The van der Waals surface area contributed by atoms with Crippen LogP contribution < -0.4 is 0 Å². The smallest absolute Gasteiger partial charge is 0.360 e. The minimum Gasteiger partial charge on any atom is -0.508 e. The normalized spacial score (nSPS) is 10.2. The summed E-state index contributed by atoms with van der Waals surface area (Å²) in [6.07, 6.45) is 1.19. The molecule has 0 fully saturated rings. The molecule has 0 radical (unpaired) electrons. The first-order chi connectivity index (χ1) is 8.22. The topological polar surface area (TPSA) is 72.6 Å². The maximum absolute atomic E-state index is 11.6. The van der Waals surface area contributed by atoms with Crippen LogP contribution >= 0.6 is 0 Å². The monoisotopic (exact) mass is 233 g/mol. The number of aromatic nitrogens is 1. The summed E-state index contributed by atoms with van der Waals surface area (Å²) in [5, 5.41) is 9.18. The Morgan fingerprint density at radius 2 is 2.12 bits per heavy atom. The zero-order chi connectivity index (χ0) is 12.3. The highest BCUT2D eigenvalue weighted by molar-refractivity contribution is 5.93. The molecule has 2 aromatic rings. The summed E-state index contributed by atoms with van der Waals surface area (Å²) in [6, 6.07) is 6.29. The van der Waals surface area contributed by atoms with Crippen molar-refractivity contribution in [3.8, 4) is 17.1 Å².